The van der Waals surface area contributed by atoms with Crippen LogP contribution in [0, 0.1) is 5.41 Å². The van der Waals surface area contributed by atoms with E-state index in [1.54, 1.807) is 0 Å². The van der Waals surface area contributed by atoms with Crippen molar-refractivity contribution in [3.8, 4) is 22.4 Å². The number of hydrogen-bond acceptors (Lipinski definition) is 3. The summed E-state index contributed by atoms with van der Waals surface area (Å²) in [4.78, 5) is 9.10. The summed E-state index contributed by atoms with van der Waals surface area (Å²) in [7, 11) is 0. The van der Waals surface area contributed by atoms with Crippen molar-refractivity contribution < 1.29 is 0 Å². The van der Waals surface area contributed by atoms with Crippen molar-refractivity contribution in [3.63, 3.8) is 0 Å². The van der Waals surface area contributed by atoms with Crippen LogP contribution in [0.25, 0.3) is 22.4 Å². The van der Waals surface area contributed by atoms with E-state index in [0.29, 0.717) is 0 Å². The number of aliphatic imine (C=N–C) groups is 1. The molecule has 144 valence electrons. The number of fused-ring (bicyclic) bond motifs is 1. The molecule has 0 aliphatic carbocycles. The third-order valence-corrected chi connectivity index (χ3v) is 5.51. The molecule has 0 unspecified atom stereocenters. The van der Waals surface area contributed by atoms with Crippen LogP contribution in [0.15, 0.2) is 47.7 Å². The molecule has 0 saturated heterocycles. The molecule has 0 saturated carbocycles. The minimum atomic E-state index is -0.0637. The van der Waals surface area contributed by atoms with Gasteiger partial charge in [0.25, 0.3) is 0 Å². The van der Waals surface area contributed by atoms with Crippen LogP contribution >= 0.6 is 11.6 Å². The average molecular weight is 393 g/mol. The number of aromatic nitrogens is 3. The van der Waals surface area contributed by atoms with E-state index in [2.05, 4.69) is 49.5 Å². The summed E-state index contributed by atoms with van der Waals surface area (Å²) in [5.41, 5.74) is 7.59. The number of hydrogen-bond donors (Lipinski definition) is 0. The first-order valence-electron chi connectivity index (χ1n) is 9.75. The molecular formula is C23H25ClN4. The van der Waals surface area contributed by atoms with Gasteiger partial charge in [-0.2, -0.15) is 5.10 Å². The van der Waals surface area contributed by atoms with Crippen LogP contribution in [-0.4, -0.2) is 27.0 Å². The highest BCUT2D eigenvalue weighted by Gasteiger charge is 2.32. The number of aryl methyl sites for hydroxylation is 1. The molecule has 0 amide bonds. The Morgan fingerprint density at radius 2 is 1.82 bits per heavy atom. The fourth-order valence-electron chi connectivity index (χ4n) is 3.78. The highest BCUT2D eigenvalue weighted by atomic mass is 35.5. The molecule has 0 radical (unpaired) electrons. The quantitative estimate of drug-likeness (QED) is 0.575. The molecule has 4 rings (SSSR count). The molecule has 1 aromatic carbocycles. The third-order valence-electron chi connectivity index (χ3n) is 5.14. The number of rotatable bonds is 3. The maximum Gasteiger partial charge on any atom is 0.101 e. The van der Waals surface area contributed by atoms with E-state index in [9.17, 15) is 0 Å². The zero-order valence-electron chi connectivity index (χ0n) is 16.8. The zero-order valence-corrected chi connectivity index (χ0v) is 17.6. The highest BCUT2D eigenvalue weighted by Crippen LogP contribution is 2.39. The van der Waals surface area contributed by atoms with E-state index in [1.165, 1.54) is 0 Å². The van der Waals surface area contributed by atoms with E-state index in [1.807, 2.05) is 30.6 Å². The van der Waals surface area contributed by atoms with Crippen molar-refractivity contribution >= 4 is 17.3 Å². The second-order valence-corrected chi connectivity index (χ2v) is 8.58. The largest absolute Gasteiger partial charge is 0.285 e. The molecular weight excluding hydrogens is 368 g/mol. The van der Waals surface area contributed by atoms with E-state index in [4.69, 9.17) is 21.7 Å². The van der Waals surface area contributed by atoms with E-state index < -0.39 is 0 Å². The molecule has 0 atom stereocenters. The SMILES string of the molecule is CCc1cc(-c2nn3c(c2-c2ccncc2)C(C(C)(C)C)=NCC3)ccc1Cl. The number of pyridine rings is 1. The molecule has 3 heterocycles. The Bertz CT molecular complexity index is 1040. The summed E-state index contributed by atoms with van der Waals surface area (Å²) in [6.45, 7) is 10.3. The maximum atomic E-state index is 6.37. The van der Waals surface area contributed by atoms with Gasteiger partial charge in [-0.1, -0.05) is 45.4 Å². The molecule has 5 heteroatoms. The standard InChI is InChI=1S/C23H25ClN4/c1-5-15-14-17(6-7-18(15)24)20-19(16-8-10-25-11-9-16)21-22(23(2,3)4)26-12-13-28(21)27-20/h6-11,14H,5,12-13H2,1-4H3. The molecule has 4 nitrogen and oxygen atoms in total. The fourth-order valence-corrected chi connectivity index (χ4v) is 4.03. The Labute approximate surface area is 171 Å². The zero-order chi connectivity index (χ0) is 19.9. The second kappa shape index (κ2) is 7.17. The summed E-state index contributed by atoms with van der Waals surface area (Å²) in [6.07, 6.45) is 4.55. The first kappa shape index (κ1) is 18.9. The molecule has 0 N–H and O–H groups in total. The van der Waals surface area contributed by atoms with E-state index in [0.717, 1.165) is 63.9 Å². The molecule has 28 heavy (non-hydrogen) atoms. The Balaban J connectivity index is 2.01. The van der Waals surface area contributed by atoms with Crippen molar-refractivity contribution in [2.45, 2.75) is 40.7 Å². The van der Waals surface area contributed by atoms with Gasteiger partial charge in [-0.3, -0.25) is 14.7 Å². The average Bonchev–Trinajstić information content (AvgIpc) is 3.07. The summed E-state index contributed by atoms with van der Waals surface area (Å²) < 4.78 is 2.12. The van der Waals surface area contributed by atoms with Gasteiger partial charge in [0.1, 0.15) is 5.69 Å². The van der Waals surface area contributed by atoms with Crippen LogP contribution in [0.1, 0.15) is 39.0 Å². The third kappa shape index (κ3) is 3.26. The van der Waals surface area contributed by atoms with Crippen molar-refractivity contribution in [1.82, 2.24) is 14.8 Å². The van der Waals surface area contributed by atoms with Crippen LogP contribution in [0.3, 0.4) is 0 Å². The minimum absolute atomic E-state index is 0.0637. The fraction of sp³-hybridized carbons (Fsp3) is 0.348. The lowest BCUT2D eigenvalue weighted by Gasteiger charge is -2.26. The predicted octanol–water partition coefficient (Wildman–Crippen LogP) is 5.68. The smallest absolute Gasteiger partial charge is 0.101 e. The Morgan fingerprint density at radius 3 is 2.50 bits per heavy atom. The van der Waals surface area contributed by atoms with Crippen LogP contribution in [0.5, 0.6) is 0 Å². The predicted molar refractivity (Wildman–Crippen MR) is 116 cm³/mol. The van der Waals surface area contributed by atoms with Gasteiger partial charge in [-0.25, -0.2) is 0 Å². The minimum Gasteiger partial charge on any atom is -0.285 e. The molecule has 0 fully saturated rings. The Kier molecular flexibility index (Phi) is 4.84. The van der Waals surface area contributed by atoms with Crippen LogP contribution < -0.4 is 0 Å². The maximum absolute atomic E-state index is 6.37. The van der Waals surface area contributed by atoms with Crippen molar-refractivity contribution in [1.29, 1.82) is 0 Å². The topological polar surface area (TPSA) is 43.1 Å². The van der Waals surface area contributed by atoms with Gasteiger partial charge in [-0.15, -0.1) is 0 Å². The van der Waals surface area contributed by atoms with Gasteiger partial charge in [0.15, 0.2) is 0 Å². The first-order valence-corrected chi connectivity index (χ1v) is 10.1. The molecule has 1 aliphatic heterocycles. The van der Waals surface area contributed by atoms with Crippen LogP contribution in [0.2, 0.25) is 5.02 Å². The lowest BCUT2D eigenvalue weighted by atomic mass is 9.84. The Hall–Kier alpha value is -2.46. The van der Waals surface area contributed by atoms with Crippen LogP contribution in [-0.2, 0) is 13.0 Å². The van der Waals surface area contributed by atoms with Gasteiger partial charge in [0, 0.05) is 34.0 Å². The van der Waals surface area contributed by atoms with Crippen LogP contribution in [0.4, 0.5) is 0 Å². The van der Waals surface area contributed by atoms with Crippen molar-refractivity contribution in [3.05, 3.63) is 59.0 Å². The van der Waals surface area contributed by atoms with Gasteiger partial charge in [-0.05, 0) is 41.8 Å². The number of nitrogens with zero attached hydrogens (tertiary/aromatic N) is 4. The molecule has 1 aliphatic rings. The normalized spacial score (nSPS) is 14.0. The van der Waals surface area contributed by atoms with Crippen molar-refractivity contribution in [2.24, 2.45) is 10.4 Å². The number of halogens is 1. The molecule has 3 aromatic rings. The van der Waals surface area contributed by atoms with E-state index in [-0.39, 0.29) is 5.41 Å². The lowest BCUT2D eigenvalue weighted by Crippen LogP contribution is -2.29. The second-order valence-electron chi connectivity index (χ2n) is 8.17. The van der Waals surface area contributed by atoms with Gasteiger partial charge < -0.3 is 0 Å². The van der Waals surface area contributed by atoms with Gasteiger partial charge in [0.2, 0.25) is 0 Å². The van der Waals surface area contributed by atoms with Gasteiger partial charge >= 0.3 is 0 Å². The van der Waals surface area contributed by atoms with E-state index >= 15 is 0 Å². The summed E-state index contributed by atoms with van der Waals surface area (Å²) in [5.74, 6) is 0. The monoisotopic (exact) mass is 392 g/mol. The van der Waals surface area contributed by atoms with Crippen molar-refractivity contribution in [2.75, 3.05) is 6.54 Å². The lowest BCUT2D eigenvalue weighted by molar-refractivity contribution is 0.545. The Morgan fingerprint density at radius 1 is 1.07 bits per heavy atom. The first-order chi connectivity index (χ1) is 13.4. The summed E-state index contributed by atoms with van der Waals surface area (Å²) in [5, 5.41) is 5.84. The summed E-state index contributed by atoms with van der Waals surface area (Å²) in [6, 6.07) is 10.3. The molecule has 2 aromatic heterocycles. The molecule has 0 spiro atoms. The molecule has 0 bridgehead atoms. The summed E-state index contributed by atoms with van der Waals surface area (Å²) >= 11 is 6.37. The highest BCUT2D eigenvalue weighted by molar-refractivity contribution is 6.31. The number of benzene rings is 1. The van der Waals surface area contributed by atoms with Gasteiger partial charge in [0.05, 0.1) is 24.5 Å².